The van der Waals surface area contributed by atoms with E-state index in [2.05, 4.69) is 10.3 Å². The largest absolute Gasteiger partial charge is 0.457 e. The molecule has 2 rings (SSSR count). The molecule has 0 aliphatic carbocycles. The van der Waals surface area contributed by atoms with Crippen LogP contribution in [0.1, 0.15) is 36.2 Å². The number of benzene rings is 1. The predicted molar refractivity (Wildman–Crippen MR) is 93.3 cm³/mol. The van der Waals surface area contributed by atoms with Gasteiger partial charge in [-0.3, -0.25) is 9.78 Å². The average molecular weight is 328 g/mol. The van der Waals surface area contributed by atoms with Gasteiger partial charge >= 0.3 is 0 Å². The van der Waals surface area contributed by atoms with E-state index in [0.29, 0.717) is 23.5 Å². The molecule has 0 aliphatic rings. The van der Waals surface area contributed by atoms with Crippen LogP contribution in [0.4, 0.5) is 0 Å². The van der Waals surface area contributed by atoms with E-state index in [4.69, 9.17) is 9.84 Å². The third-order valence-electron chi connectivity index (χ3n) is 3.89. The predicted octanol–water partition coefficient (Wildman–Crippen LogP) is 3.32. The molecule has 2 aromatic rings. The first kappa shape index (κ1) is 17.9. The number of hydrogen-bond donors (Lipinski definition) is 2. The monoisotopic (exact) mass is 328 g/mol. The standard InChI is InChI=1S/C19H24N2O3/c1-13(2)17(8-11-22)21-19(23)15-5-4-14(3)18(12-15)24-16-6-9-20-10-7-16/h4-7,9-10,12-13,17,22H,8,11H2,1-3H3,(H,21,23). The molecule has 0 saturated carbocycles. The zero-order valence-electron chi connectivity index (χ0n) is 14.3. The highest BCUT2D eigenvalue weighted by atomic mass is 16.5. The van der Waals surface area contributed by atoms with Gasteiger partial charge in [0.2, 0.25) is 0 Å². The lowest BCUT2D eigenvalue weighted by atomic mass is 10.0. The van der Waals surface area contributed by atoms with Crippen LogP contribution in [0.15, 0.2) is 42.7 Å². The molecule has 1 atom stereocenters. The molecule has 5 nitrogen and oxygen atoms in total. The maximum absolute atomic E-state index is 12.5. The topological polar surface area (TPSA) is 71.5 Å². The number of aromatic nitrogens is 1. The summed E-state index contributed by atoms with van der Waals surface area (Å²) >= 11 is 0. The summed E-state index contributed by atoms with van der Waals surface area (Å²) in [5.41, 5.74) is 1.48. The number of aliphatic hydroxyl groups excluding tert-OH is 1. The minimum absolute atomic E-state index is 0.0490. The van der Waals surface area contributed by atoms with Gasteiger partial charge in [-0.1, -0.05) is 19.9 Å². The van der Waals surface area contributed by atoms with Crippen molar-refractivity contribution in [2.24, 2.45) is 5.92 Å². The van der Waals surface area contributed by atoms with Crippen molar-refractivity contribution in [1.29, 1.82) is 0 Å². The minimum Gasteiger partial charge on any atom is -0.457 e. The molecule has 0 bridgehead atoms. The van der Waals surface area contributed by atoms with E-state index < -0.39 is 0 Å². The van der Waals surface area contributed by atoms with Crippen molar-refractivity contribution in [2.45, 2.75) is 33.2 Å². The van der Waals surface area contributed by atoms with Gasteiger partial charge in [-0.15, -0.1) is 0 Å². The van der Waals surface area contributed by atoms with Crippen LogP contribution >= 0.6 is 0 Å². The van der Waals surface area contributed by atoms with Gasteiger partial charge in [0.25, 0.3) is 5.91 Å². The van der Waals surface area contributed by atoms with Crippen molar-refractivity contribution >= 4 is 5.91 Å². The number of carbonyl (C=O) groups excluding carboxylic acids is 1. The van der Waals surface area contributed by atoms with Gasteiger partial charge < -0.3 is 15.2 Å². The molecule has 24 heavy (non-hydrogen) atoms. The fourth-order valence-electron chi connectivity index (χ4n) is 2.35. The Morgan fingerprint density at radius 1 is 1.25 bits per heavy atom. The molecule has 1 heterocycles. The molecule has 1 unspecified atom stereocenters. The van der Waals surface area contributed by atoms with E-state index in [1.807, 2.05) is 26.8 Å². The van der Waals surface area contributed by atoms with E-state index >= 15 is 0 Å². The van der Waals surface area contributed by atoms with Gasteiger partial charge in [-0.25, -0.2) is 0 Å². The molecule has 0 radical (unpaired) electrons. The summed E-state index contributed by atoms with van der Waals surface area (Å²) in [5.74, 6) is 1.39. The van der Waals surface area contributed by atoms with Crippen LogP contribution < -0.4 is 10.1 Å². The van der Waals surface area contributed by atoms with E-state index in [1.165, 1.54) is 0 Å². The third-order valence-corrected chi connectivity index (χ3v) is 3.89. The van der Waals surface area contributed by atoms with E-state index in [0.717, 1.165) is 5.56 Å². The Bertz CT molecular complexity index is 672. The quantitative estimate of drug-likeness (QED) is 0.818. The van der Waals surface area contributed by atoms with Crippen molar-refractivity contribution < 1.29 is 14.6 Å². The Balaban J connectivity index is 2.16. The number of ether oxygens (including phenoxy) is 1. The molecule has 0 spiro atoms. The summed E-state index contributed by atoms with van der Waals surface area (Å²) in [5, 5.41) is 12.1. The molecule has 0 saturated heterocycles. The van der Waals surface area contributed by atoms with Gasteiger partial charge in [-0.2, -0.15) is 0 Å². The third kappa shape index (κ3) is 4.80. The Kier molecular flexibility index (Phi) is 6.32. The number of hydrogen-bond acceptors (Lipinski definition) is 4. The molecule has 0 fully saturated rings. The first-order valence-corrected chi connectivity index (χ1v) is 8.11. The summed E-state index contributed by atoms with van der Waals surface area (Å²) in [6.07, 6.45) is 3.85. The van der Waals surface area contributed by atoms with Crippen molar-refractivity contribution in [3.63, 3.8) is 0 Å². The molecule has 2 N–H and O–H groups in total. The summed E-state index contributed by atoms with van der Waals surface area (Å²) < 4.78 is 5.84. The van der Waals surface area contributed by atoms with Gasteiger partial charge in [0.1, 0.15) is 11.5 Å². The van der Waals surface area contributed by atoms with Crippen LogP contribution in [-0.4, -0.2) is 28.6 Å². The molecule has 5 heteroatoms. The van der Waals surface area contributed by atoms with Crippen LogP contribution in [0.3, 0.4) is 0 Å². The van der Waals surface area contributed by atoms with Crippen LogP contribution in [0, 0.1) is 12.8 Å². The number of aliphatic hydroxyl groups is 1. The molecule has 1 amide bonds. The van der Waals surface area contributed by atoms with Crippen LogP contribution in [0.2, 0.25) is 0 Å². The number of pyridine rings is 1. The van der Waals surface area contributed by atoms with E-state index in [-0.39, 0.29) is 24.5 Å². The second-order valence-corrected chi connectivity index (χ2v) is 6.10. The fraction of sp³-hybridized carbons (Fsp3) is 0.368. The van der Waals surface area contributed by atoms with E-state index in [9.17, 15) is 4.79 Å². The first-order chi connectivity index (χ1) is 11.5. The van der Waals surface area contributed by atoms with E-state index in [1.54, 1.807) is 36.7 Å². The van der Waals surface area contributed by atoms with Crippen molar-refractivity contribution in [2.75, 3.05) is 6.61 Å². The second kappa shape index (κ2) is 8.45. The summed E-state index contributed by atoms with van der Waals surface area (Å²) in [6, 6.07) is 8.85. The zero-order chi connectivity index (χ0) is 17.5. The highest BCUT2D eigenvalue weighted by molar-refractivity contribution is 5.95. The van der Waals surface area contributed by atoms with Gasteiger partial charge in [0, 0.05) is 30.6 Å². The lowest BCUT2D eigenvalue weighted by Gasteiger charge is -2.21. The Morgan fingerprint density at radius 3 is 2.58 bits per heavy atom. The lowest BCUT2D eigenvalue weighted by molar-refractivity contribution is 0.0916. The average Bonchev–Trinajstić information content (AvgIpc) is 2.57. The molecule has 1 aromatic carbocycles. The Morgan fingerprint density at radius 2 is 1.96 bits per heavy atom. The molecular weight excluding hydrogens is 304 g/mol. The van der Waals surface area contributed by atoms with Crippen LogP contribution in [-0.2, 0) is 0 Å². The van der Waals surface area contributed by atoms with Gasteiger partial charge in [0.05, 0.1) is 0 Å². The van der Waals surface area contributed by atoms with Gasteiger partial charge in [0.15, 0.2) is 0 Å². The van der Waals surface area contributed by atoms with Crippen molar-refractivity contribution in [3.05, 3.63) is 53.9 Å². The number of carbonyl (C=O) groups is 1. The number of rotatable bonds is 7. The maximum atomic E-state index is 12.5. The molecule has 128 valence electrons. The highest BCUT2D eigenvalue weighted by Gasteiger charge is 2.17. The normalized spacial score (nSPS) is 12.0. The number of nitrogens with one attached hydrogen (secondary N) is 1. The summed E-state index contributed by atoms with van der Waals surface area (Å²) in [6.45, 7) is 6.02. The molecule has 1 aromatic heterocycles. The Labute approximate surface area is 142 Å². The minimum atomic E-state index is -0.165. The zero-order valence-corrected chi connectivity index (χ0v) is 14.3. The lowest BCUT2D eigenvalue weighted by Crippen LogP contribution is -2.39. The van der Waals surface area contributed by atoms with Gasteiger partial charge in [-0.05, 0) is 49.1 Å². The van der Waals surface area contributed by atoms with Crippen LogP contribution in [0.5, 0.6) is 11.5 Å². The first-order valence-electron chi connectivity index (χ1n) is 8.11. The Hall–Kier alpha value is -2.40. The molecular formula is C19H24N2O3. The van der Waals surface area contributed by atoms with Crippen LogP contribution in [0.25, 0.3) is 0 Å². The SMILES string of the molecule is Cc1ccc(C(=O)NC(CCO)C(C)C)cc1Oc1ccncc1. The fourth-order valence-corrected chi connectivity index (χ4v) is 2.35. The van der Waals surface area contributed by atoms with Crippen molar-refractivity contribution in [1.82, 2.24) is 10.3 Å². The van der Waals surface area contributed by atoms with Crippen molar-refractivity contribution in [3.8, 4) is 11.5 Å². The number of nitrogens with zero attached hydrogens (tertiary/aromatic N) is 1. The number of aryl methyl sites for hydroxylation is 1. The maximum Gasteiger partial charge on any atom is 0.251 e. The summed E-state index contributed by atoms with van der Waals surface area (Å²) in [7, 11) is 0. The molecule has 0 aliphatic heterocycles. The summed E-state index contributed by atoms with van der Waals surface area (Å²) in [4.78, 5) is 16.4. The number of amides is 1. The smallest absolute Gasteiger partial charge is 0.251 e. The second-order valence-electron chi connectivity index (χ2n) is 6.10. The highest BCUT2D eigenvalue weighted by Crippen LogP contribution is 2.25.